The van der Waals surface area contributed by atoms with Crippen molar-refractivity contribution in [3.8, 4) is 5.75 Å². The molecule has 1 aromatic heterocycles. The van der Waals surface area contributed by atoms with E-state index in [9.17, 15) is 9.59 Å². The summed E-state index contributed by atoms with van der Waals surface area (Å²) in [5.74, 6) is 1.64. The predicted octanol–water partition coefficient (Wildman–Crippen LogP) is 12.2. The van der Waals surface area contributed by atoms with Crippen LogP contribution in [0.5, 0.6) is 5.75 Å². The summed E-state index contributed by atoms with van der Waals surface area (Å²) in [7, 11) is 1.61. The second-order valence-electron chi connectivity index (χ2n) is 13.3. The van der Waals surface area contributed by atoms with Crippen LogP contribution in [0, 0.1) is 18.8 Å². The highest BCUT2D eigenvalue weighted by Crippen LogP contribution is 2.41. The first kappa shape index (κ1) is 36.7. The molecule has 3 nitrogen and oxygen atoms in total. The minimum atomic E-state index is 0. The number of rotatable bonds is 12. The Hall–Kier alpha value is -4.54. The van der Waals surface area contributed by atoms with E-state index in [1.54, 1.807) is 24.5 Å². The lowest BCUT2D eigenvalue weighted by molar-refractivity contribution is -0.111. The Bertz CT molecular complexity index is 1910. The van der Waals surface area contributed by atoms with Crippen LogP contribution in [0.3, 0.4) is 0 Å². The minimum absolute atomic E-state index is 0. The molecule has 2 aliphatic carbocycles. The van der Waals surface area contributed by atoms with E-state index in [2.05, 4.69) is 80.8 Å². The fraction of sp³-hybridized carbons (Fsp3) is 0.304. The van der Waals surface area contributed by atoms with Crippen LogP contribution in [0.1, 0.15) is 96.2 Å². The van der Waals surface area contributed by atoms with E-state index in [-0.39, 0.29) is 18.9 Å². The Kier molecular flexibility index (Phi) is 12.8. The largest absolute Gasteiger partial charge is 0.497 e. The third-order valence-corrected chi connectivity index (χ3v) is 11.3. The van der Waals surface area contributed by atoms with Crippen molar-refractivity contribution in [1.82, 2.24) is 0 Å². The van der Waals surface area contributed by atoms with Crippen LogP contribution in [-0.4, -0.2) is 18.7 Å². The molecule has 6 rings (SSSR count). The number of ether oxygens (including phenoxy) is 1. The summed E-state index contributed by atoms with van der Waals surface area (Å²) >= 11 is 1.65. The summed E-state index contributed by atoms with van der Waals surface area (Å²) in [5, 5.41) is 0. The van der Waals surface area contributed by atoms with Gasteiger partial charge in [0.15, 0.2) is 11.6 Å². The third-order valence-electron chi connectivity index (χ3n) is 9.91. The zero-order valence-electron chi connectivity index (χ0n) is 30.1. The lowest BCUT2D eigenvalue weighted by Gasteiger charge is -2.18. The normalized spacial score (nSPS) is 17.0. The molecule has 4 aromatic rings. The van der Waals surface area contributed by atoms with Crippen LogP contribution >= 0.6 is 11.3 Å². The molecule has 2 aliphatic rings. The van der Waals surface area contributed by atoms with Gasteiger partial charge in [-0.15, -0.1) is 11.3 Å². The molecule has 0 aliphatic heterocycles. The van der Waals surface area contributed by atoms with Gasteiger partial charge in [0.1, 0.15) is 5.75 Å². The zero-order chi connectivity index (χ0) is 35.6. The van der Waals surface area contributed by atoms with Crippen molar-refractivity contribution in [2.75, 3.05) is 7.11 Å². The van der Waals surface area contributed by atoms with Gasteiger partial charge < -0.3 is 4.74 Å². The van der Waals surface area contributed by atoms with Crippen LogP contribution in [0.15, 0.2) is 116 Å². The Balaban J connectivity index is 0.00000191. The van der Waals surface area contributed by atoms with E-state index >= 15 is 0 Å². The van der Waals surface area contributed by atoms with Gasteiger partial charge in [-0.05, 0) is 114 Å². The summed E-state index contributed by atoms with van der Waals surface area (Å²) in [4.78, 5) is 28.8. The molecule has 0 bridgehead atoms. The predicted molar refractivity (Wildman–Crippen MR) is 214 cm³/mol. The van der Waals surface area contributed by atoms with E-state index in [0.717, 1.165) is 71.2 Å². The van der Waals surface area contributed by atoms with Crippen LogP contribution < -0.4 is 4.74 Å². The van der Waals surface area contributed by atoms with Gasteiger partial charge in [0, 0.05) is 28.7 Å². The van der Waals surface area contributed by atoms with Crippen molar-refractivity contribution in [1.29, 1.82) is 0 Å². The third kappa shape index (κ3) is 8.97. The number of carbonyl (C=O) groups is 2. The second-order valence-corrected chi connectivity index (χ2v) is 14.3. The van der Waals surface area contributed by atoms with E-state index in [1.807, 2.05) is 44.2 Å². The molecule has 0 radical (unpaired) electrons. The molecule has 1 fully saturated rings. The van der Waals surface area contributed by atoms with Crippen molar-refractivity contribution in [3.63, 3.8) is 0 Å². The van der Waals surface area contributed by atoms with Crippen molar-refractivity contribution in [3.05, 3.63) is 153 Å². The van der Waals surface area contributed by atoms with Gasteiger partial charge >= 0.3 is 0 Å². The van der Waals surface area contributed by atoms with Crippen LogP contribution in [0.4, 0.5) is 0 Å². The number of benzene rings is 3. The summed E-state index contributed by atoms with van der Waals surface area (Å²) in [6.07, 6.45) is 12.3. The molecule has 0 saturated heterocycles. The summed E-state index contributed by atoms with van der Waals surface area (Å²) < 4.78 is 5.29. The van der Waals surface area contributed by atoms with E-state index in [4.69, 9.17) is 4.74 Å². The molecule has 4 heteroatoms. The van der Waals surface area contributed by atoms with E-state index < -0.39 is 0 Å². The molecule has 1 heterocycles. The fourth-order valence-electron chi connectivity index (χ4n) is 7.15. The molecule has 0 amide bonds. The first-order valence-corrected chi connectivity index (χ1v) is 18.9. The van der Waals surface area contributed by atoms with E-state index in [1.165, 1.54) is 22.4 Å². The lowest BCUT2D eigenvalue weighted by Crippen LogP contribution is -2.13. The first-order chi connectivity index (χ1) is 24.3. The lowest BCUT2D eigenvalue weighted by atomic mass is 9.86. The topological polar surface area (TPSA) is 43.4 Å². The molecular formula is C46H52O3S. The minimum Gasteiger partial charge on any atom is -0.497 e. The molecule has 2 unspecified atom stereocenters. The van der Waals surface area contributed by atoms with Crippen LogP contribution in [0.25, 0.3) is 16.7 Å². The van der Waals surface area contributed by atoms with Crippen LogP contribution in [0.2, 0.25) is 0 Å². The Morgan fingerprint density at radius 3 is 2.42 bits per heavy atom. The maximum Gasteiger partial charge on any atom is 0.189 e. The Morgan fingerprint density at radius 2 is 1.64 bits per heavy atom. The second kappa shape index (κ2) is 17.4. The number of aryl methyl sites for hydroxylation is 1. The number of hydrogen-bond acceptors (Lipinski definition) is 4. The number of allylic oxidation sites excluding steroid dienone is 6. The fourth-order valence-corrected chi connectivity index (χ4v) is 8.31. The van der Waals surface area contributed by atoms with Crippen molar-refractivity contribution in [2.45, 2.75) is 72.1 Å². The highest BCUT2D eigenvalue weighted by molar-refractivity contribution is 7.14. The maximum absolute atomic E-state index is 13.7. The zero-order valence-corrected chi connectivity index (χ0v) is 30.9. The van der Waals surface area contributed by atoms with Gasteiger partial charge in [-0.3, -0.25) is 9.59 Å². The SMILES string of the molecule is C=C(C(=O)C(=C)C1CCCC(Cc2ccccc2)CC1)c1cc(C)c(C2=CC(c3cccc(CC(=O)c4cccc(OC)c4)c3)=CC2)s1.CC.[HH]. The summed E-state index contributed by atoms with van der Waals surface area (Å²) in [5.41, 5.74) is 8.96. The highest BCUT2D eigenvalue weighted by atomic mass is 32.1. The van der Waals surface area contributed by atoms with Gasteiger partial charge in [-0.25, -0.2) is 0 Å². The number of hydrogen-bond donors (Lipinski definition) is 0. The molecule has 260 valence electrons. The monoisotopic (exact) mass is 684 g/mol. The number of carbonyl (C=O) groups excluding carboxylic acids is 2. The number of Topliss-reactive ketones (excluding diaryl/α,β-unsaturated/α-hetero) is 2. The van der Waals surface area contributed by atoms with Crippen LogP contribution in [-0.2, 0) is 17.6 Å². The van der Waals surface area contributed by atoms with Gasteiger partial charge in [-0.1, -0.05) is 113 Å². The smallest absolute Gasteiger partial charge is 0.189 e. The van der Waals surface area contributed by atoms with Crippen molar-refractivity contribution >= 4 is 39.6 Å². The molecule has 2 atom stereocenters. The van der Waals surface area contributed by atoms with Gasteiger partial charge in [0.25, 0.3) is 0 Å². The summed E-state index contributed by atoms with van der Waals surface area (Å²) in [6.45, 7) is 14.7. The van der Waals surface area contributed by atoms with Crippen molar-refractivity contribution < 1.29 is 15.8 Å². The molecule has 3 aromatic carbocycles. The highest BCUT2D eigenvalue weighted by Gasteiger charge is 2.27. The average molecular weight is 685 g/mol. The number of thiophene rings is 1. The molecule has 1 saturated carbocycles. The standard InChI is InChI=1S/C44H44O3S.C2H6.H2/c1-29-23-42(31(3)43(46)30(2)35-15-8-13-33(19-20-35)24-32-11-6-5-7-12-32)48-44(29)39-22-21-37(27-39)36-16-9-14-34(25-36)26-41(45)38-17-10-18-40(28-38)47-4;1-2;/h5-7,9-12,14,16-18,21,23,25,27-28,33,35H,2-3,8,13,15,19-20,22,24,26H2,1,4H3;1-2H3;1H. The van der Waals surface area contributed by atoms with Gasteiger partial charge in [-0.2, -0.15) is 0 Å². The average Bonchev–Trinajstić information content (AvgIpc) is 3.73. The van der Waals surface area contributed by atoms with Gasteiger partial charge in [0.05, 0.1) is 7.11 Å². The van der Waals surface area contributed by atoms with Crippen molar-refractivity contribution in [2.24, 2.45) is 11.8 Å². The van der Waals surface area contributed by atoms with E-state index in [0.29, 0.717) is 29.2 Å². The van der Waals surface area contributed by atoms with Gasteiger partial charge in [0.2, 0.25) is 0 Å². The summed E-state index contributed by atoms with van der Waals surface area (Å²) in [6, 6.07) is 28.4. The molecule has 50 heavy (non-hydrogen) atoms. The molecule has 0 spiro atoms. The Morgan fingerprint density at radius 1 is 0.880 bits per heavy atom. The number of ketones is 2. The molecule has 0 N–H and O–H groups in total. The first-order valence-electron chi connectivity index (χ1n) is 18.0. The number of methoxy groups -OCH3 is 1. The maximum atomic E-state index is 13.7. The molecular weight excluding hydrogens is 633 g/mol. The quantitative estimate of drug-likeness (QED) is 0.0847. The Labute approximate surface area is 304 Å².